The minimum absolute atomic E-state index is 0.0560. The van der Waals surface area contributed by atoms with E-state index in [-0.39, 0.29) is 6.42 Å². The van der Waals surface area contributed by atoms with Gasteiger partial charge >= 0.3 is 5.97 Å². The number of esters is 1. The Bertz CT molecular complexity index is 636. The van der Waals surface area contributed by atoms with Crippen molar-refractivity contribution in [3.63, 3.8) is 0 Å². The standard InChI is InChI=1S/C24H44O12/c1-2-3-4-5-6-7-8-9-10-11-17(28)35-21-20(31)19(30)16(12-25)34-23(21)36-24(14-26)22(32)18(29)15(27)13-33-24/h15-16,18-23,25-27,29-32H,2-14H2,1H3/t15-,16-,18-,19-,20+,21-,22+,23-,24-/m1/s1. The van der Waals surface area contributed by atoms with Crippen LogP contribution in [0, 0.1) is 0 Å². The number of unbranched alkanes of at least 4 members (excludes halogenated alkanes) is 8. The van der Waals surface area contributed by atoms with E-state index in [9.17, 15) is 40.5 Å². The van der Waals surface area contributed by atoms with Gasteiger partial charge in [-0.2, -0.15) is 0 Å². The monoisotopic (exact) mass is 524 g/mol. The van der Waals surface area contributed by atoms with Gasteiger partial charge < -0.3 is 54.7 Å². The Kier molecular flexibility index (Phi) is 13.4. The second kappa shape index (κ2) is 15.5. The van der Waals surface area contributed by atoms with Crippen LogP contribution in [0.3, 0.4) is 0 Å². The van der Waals surface area contributed by atoms with Crippen molar-refractivity contribution in [2.24, 2.45) is 0 Å². The highest BCUT2D eigenvalue weighted by molar-refractivity contribution is 5.69. The molecule has 36 heavy (non-hydrogen) atoms. The second-order valence-electron chi connectivity index (χ2n) is 9.64. The van der Waals surface area contributed by atoms with Gasteiger partial charge in [0.1, 0.15) is 43.2 Å². The van der Waals surface area contributed by atoms with E-state index in [2.05, 4.69) is 6.92 Å². The molecule has 0 amide bonds. The first-order valence-corrected chi connectivity index (χ1v) is 13.0. The van der Waals surface area contributed by atoms with Crippen LogP contribution in [-0.2, 0) is 23.7 Å². The molecular weight excluding hydrogens is 480 g/mol. The Labute approximate surface area is 211 Å². The van der Waals surface area contributed by atoms with E-state index in [0.717, 1.165) is 25.7 Å². The topological polar surface area (TPSA) is 196 Å². The Morgan fingerprint density at radius 3 is 2.08 bits per heavy atom. The molecule has 2 saturated heterocycles. The second-order valence-corrected chi connectivity index (χ2v) is 9.64. The van der Waals surface area contributed by atoms with Gasteiger partial charge in [-0.1, -0.05) is 58.3 Å². The van der Waals surface area contributed by atoms with Gasteiger partial charge in [0.05, 0.1) is 13.2 Å². The molecule has 0 aromatic heterocycles. The minimum atomic E-state index is -2.28. The zero-order valence-corrected chi connectivity index (χ0v) is 21.0. The number of hydrogen-bond acceptors (Lipinski definition) is 12. The first kappa shape index (κ1) is 31.3. The fraction of sp³-hybridized carbons (Fsp3) is 0.958. The Morgan fingerprint density at radius 2 is 1.50 bits per heavy atom. The quantitative estimate of drug-likeness (QED) is 0.103. The van der Waals surface area contributed by atoms with Crippen LogP contribution in [0.2, 0.25) is 0 Å². The molecular formula is C24H44O12. The number of ether oxygens (including phenoxy) is 4. The van der Waals surface area contributed by atoms with Gasteiger partial charge in [-0.15, -0.1) is 0 Å². The summed E-state index contributed by atoms with van der Waals surface area (Å²) in [5.41, 5.74) is 0. The largest absolute Gasteiger partial charge is 0.454 e. The smallest absolute Gasteiger partial charge is 0.306 e. The average Bonchev–Trinajstić information content (AvgIpc) is 2.87. The summed E-state index contributed by atoms with van der Waals surface area (Å²) in [5.74, 6) is -2.96. The molecule has 0 aromatic carbocycles. The Balaban J connectivity index is 1.96. The molecule has 12 heteroatoms. The van der Waals surface area contributed by atoms with Gasteiger partial charge in [-0.05, 0) is 6.42 Å². The predicted octanol–water partition coefficient (Wildman–Crippen LogP) is -0.924. The maximum Gasteiger partial charge on any atom is 0.306 e. The number of hydrogen-bond donors (Lipinski definition) is 7. The molecule has 0 aliphatic carbocycles. The molecule has 2 aliphatic rings. The third kappa shape index (κ3) is 8.29. The summed E-state index contributed by atoms with van der Waals surface area (Å²) in [7, 11) is 0. The molecule has 0 aromatic rings. The van der Waals surface area contributed by atoms with Gasteiger partial charge in [-0.3, -0.25) is 4.79 Å². The number of aliphatic hydroxyl groups excluding tert-OH is 7. The molecule has 0 bridgehead atoms. The van der Waals surface area contributed by atoms with E-state index >= 15 is 0 Å². The zero-order valence-electron chi connectivity index (χ0n) is 21.0. The van der Waals surface area contributed by atoms with Crippen LogP contribution in [0.15, 0.2) is 0 Å². The van der Waals surface area contributed by atoms with Crippen molar-refractivity contribution in [3.8, 4) is 0 Å². The normalized spacial score (nSPS) is 37.1. The molecule has 9 atom stereocenters. The number of aliphatic hydroxyl groups is 7. The van der Waals surface area contributed by atoms with E-state index in [1.54, 1.807) is 0 Å². The molecule has 0 radical (unpaired) electrons. The lowest BCUT2D eigenvalue weighted by molar-refractivity contribution is -0.415. The fourth-order valence-electron chi connectivity index (χ4n) is 4.43. The molecule has 0 spiro atoms. The highest BCUT2D eigenvalue weighted by Crippen LogP contribution is 2.33. The molecule has 7 N–H and O–H groups in total. The van der Waals surface area contributed by atoms with Gasteiger partial charge in [0, 0.05) is 6.42 Å². The van der Waals surface area contributed by atoms with Crippen molar-refractivity contribution in [2.75, 3.05) is 19.8 Å². The van der Waals surface area contributed by atoms with E-state index in [0.29, 0.717) is 6.42 Å². The lowest BCUT2D eigenvalue weighted by atomic mass is 9.96. The van der Waals surface area contributed by atoms with E-state index in [1.807, 2.05) is 0 Å². The highest BCUT2D eigenvalue weighted by Gasteiger charge is 2.56. The van der Waals surface area contributed by atoms with Crippen LogP contribution in [-0.4, -0.2) is 116 Å². The van der Waals surface area contributed by atoms with Crippen molar-refractivity contribution >= 4 is 5.97 Å². The summed E-state index contributed by atoms with van der Waals surface area (Å²) >= 11 is 0. The number of carbonyl (C=O) groups excluding carboxylic acids is 1. The number of carbonyl (C=O) groups is 1. The molecule has 212 valence electrons. The predicted molar refractivity (Wildman–Crippen MR) is 124 cm³/mol. The summed E-state index contributed by atoms with van der Waals surface area (Å²) in [5, 5.41) is 70.4. The minimum Gasteiger partial charge on any atom is -0.454 e. The molecule has 2 aliphatic heterocycles. The molecule has 0 unspecified atom stereocenters. The first-order valence-electron chi connectivity index (χ1n) is 13.0. The van der Waals surface area contributed by atoms with Crippen LogP contribution in [0.5, 0.6) is 0 Å². The van der Waals surface area contributed by atoms with Crippen molar-refractivity contribution in [1.29, 1.82) is 0 Å². The van der Waals surface area contributed by atoms with Crippen LogP contribution in [0.25, 0.3) is 0 Å². The highest BCUT2D eigenvalue weighted by atomic mass is 16.8. The third-order valence-electron chi connectivity index (χ3n) is 6.78. The van der Waals surface area contributed by atoms with Gasteiger partial charge in [0.2, 0.25) is 12.1 Å². The molecule has 2 heterocycles. The first-order chi connectivity index (χ1) is 17.2. The van der Waals surface area contributed by atoms with E-state index < -0.39 is 80.6 Å². The summed E-state index contributed by atoms with van der Waals surface area (Å²) in [6.07, 6.45) is -3.47. The summed E-state index contributed by atoms with van der Waals surface area (Å²) < 4.78 is 21.7. The third-order valence-corrected chi connectivity index (χ3v) is 6.78. The van der Waals surface area contributed by atoms with Crippen LogP contribution in [0.1, 0.15) is 71.1 Å². The van der Waals surface area contributed by atoms with Gasteiger partial charge in [0.15, 0.2) is 6.10 Å². The Hall–Kier alpha value is -0.930. The van der Waals surface area contributed by atoms with Crippen LogP contribution >= 0.6 is 0 Å². The molecule has 0 saturated carbocycles. The fourth-order valence-corrected chi connectivity index (χ4v) is 4.43. The van der Waals surface area contributed by atoms with Crippen LogP contribution in [0.4, 0.5) is 0 Å². The molecule has 12 nitrogen and oxygen atoms in total. The van der Waals surface area contributed by atoms with Crippen molar-refractivity contribution in [1.82, 2.24) is 0 Å². The maximum atomic E-state index is 12.5. The maximum absolute atomic E-state index is 12.5. The summed E-state index contributed by atoms with van der Waals surface area (Å²) in [6.45, 7) is -0.0262. The lowest BCUT2D eigenvalue weighted by Gasteiger charge is -2.48. The summed E-state index contributed by atoms with van der Waals surface area (Å²) in [6, 6.07) is 0. The van der Waals surface area contributed by atoms with Gasteiger partial charge in [0.25, 0.3) is 0 Å². The SMILES string of the molecule is CCCCCCCCCCCC(=O)O[C@H]1[C@@H](O[C@@]2(CO)OC[C@@H](O)[C@@H](O)[C@@H]2O)O[C@H](CO)[C@@H](O)[C@@H]1O. The van der Waals surface area contributed by atoms with Crippen LogP contribution < -0.4 is 0 Å². The van der Waals surface area contributed by atoms with E-state index in [4.69, 9.17) is 18.9 Å². The van der Waals surface area contributed by atoms with Gasteiger partial charge in [-0.25, -0.2) is 0 Å². The molecule has 2 fully saturated rings. The van der Waals surface area contributed by atoms with E-state index in [1.165, 1.54) is 25.7 Å². The lowest BCUT2D eigenvalue weighted by Crippen LogP contribution is -2.68. The zero-order chi connectivity index (χ0) is 26.7. The van der Waals surface area contributed by atoms with Crippen molar-refractivity contribution < 1.29 is 59.5 Å². The number of rotatable bonds is 15. The molecule has 2 rings (SSSR count). The van der Waals surface area contributed by atoms with Crippen molar-refractivity contribution in [3.05, 3.63) is 0 Å². The van der Waals surface area contributed by atoms with Crippen molar-refractivity contribution in [2.45, 2.75) is 126 Å². The Morgan fingerprint density at radius 1 is 0.889 bits per heavy atom. The summed E-state index contributed by atoms with van der Waals surface area (Å²) in [4.78, 5) is 12.5. The average molecular weight is 525 g/mol.